The second-order valence-electron chi connectivity index (χ2n) is 6.42. The first-order valence-electron chi connectivity index (χ1n) is 9.20. The van der Waals surface area contributed by atoms with E-state index in [9.17, 15) is 0 Å². The van der Waals surface area contributed by atoms with Gasteiger partial charge in [0, 0.05) is 30.4 Å². The molecule has 0 saturated heterocycles. The number of ether oxygens (including phenoxy) is 1. The molecule has 0 aliphatic heterocycles. The van der Waals surface area contributed by atoms with Gasteiger partial charge >= 0.3 is 0 Å². The van der Waals surface area contributed by atoms with E-state index in [1.54, 1.807) is 25.9 Å². The quantitative estimate of drug-likeness (QED) is 0.203. The predicted molar refractivity (Wildman–Crippen MR) is 129 cm³/mol. The van der Waals surface area contributed by atoms with Crippen LogP contribution in [0.4, 0.5) is 0 Å². The van der Waals surface area contributed by atoms with Gasteiger partial charge in [0.25, 0.3) is 0 Å². The summed E-state index contributed by atoms with van der Waals surface area (Å²) in [4.78, 5) is 5.46. The highest BCUT2D eigenvalue weighted by atomic mass is 127. The molecule has 0 aliphatic carbocycles. The van der Waals surface area contributed by atoms with Crippen LogP contribution in [0.5, 0.6) is 5.75 Å². The third-order valence-electron chi connectivity index (χ3n) is 4.23. The minimum atomic E-state index is 0. The van der Waals surface area contributed by atoms with E-state index in [2.05, 4.69) is 38.8 Å². The standard InChI is InChI=1S/C20H26N6OS.HI/c1-15(14-28-17-9-5-4-8-16(17)27-3)12-22-20(21-2)23-13-19-25-24-18-10-6-7-11-26(18)19;/h4-11,15H,12-14H2,1-3H3,(H2,21,22,23);1H. The zero-order valence-electron chi connectivity index (χ0n) is 16.8. The second kappa shape index (κ2) is 11.9. The van der Waals surface area contributed by atoms with Crippen LogP contribution in [0, 0.1) is 5.92 Å². The Morgan fingerprint density at radius 1 is 1.17 bits per heavy atom. The van der Waals surface area contributed by atoms with E-state index < -0.39 is 0 Å². The lowest BCUT2D eigenvalue weighted by molar-refractivity contribution is 0.405. The molecule has 0 fully saturated rings. The van der Waals surface area contributed by atoms with Gasteiger partial charge in [0.2, 0.25) is 0 Å². The zero-order valence-corrected chi connectivity index (χ0v) is 20.0. The lowest BCUT2D eigenvalue weighted by atomic mass is 10.2. The monoisotopic (exact) mass is 526 g/mol. The number of aromatic nitrogens is 3. The van der Waals surface area contributed by atoms with E-state index in [4.69, 9.17) is 4.74 Å². The van der Waals surface area contributed by atoms with Crippen LogP contribution in [0.25, 0.3) is 5.65 Å². The Labute approximate surface area is 192 Å². The van der Waals surface area contributed by atoms with Crippen LogP contribution >= 0.6 is 35.7 Å². The molecule has 0 amide bonds. The number of rotatable bonds is 8. The molecule has 1 unspecified atom stereocenters. The molecule has 156 valence electrons. The Kier molecular flexibility index (Phi) is 9.52. The van der Waals surface area contributed by atoms with Crippen molar-refractivity contribution >= 4 is 47.3 Å². The van der Waals surface area contributed by atoms with E-state index >= 15 is 0 Å². The van der Waals surface area contributed by atoms with Gasteiger partial charge in [-0.05, 0) is 30.2 Å². The van der Waals surface area contributed by atoms with E-state index in [1.807, 2.05) is 47.0 Å². The van der Waals surface area contributed by atoms with Gasteiger partial charge in [-0.3, -0.25) is 9.39 Å². The maximum absolute atomic E-state index is 5.41. The van der Waals surface area contributed by atoms with Crippen molar-refractivity contribution in [1.82, 2.24) is 25.2 Å². The molecule has 0 aliphatic rings. The minimum Gasteiger partial charge on any atom is -0.496 e. The smallest absolute Gasteiger partial charge is 0.191 e. The number of nitrogens with one attached hydrogen (secondary N) is 2. The van der Waals surface area contributed by atoms with E-state index in [0.717, 1.165) is 40.4 Å². The van der Waals surface area contributed by atoms with Crippen LogP contribution in [-0.4, -0.2) is 47.0 Å². The third kappa shape index (κ3) is 6.49. The maximum Gasteiger partial charge on any atom is 0.191 e. The minimum absolute atomic E-state index is 0. The first kappa shape index (κ1) is 23.3. The Morgan fingerprint density at radius 2 is 1.97 bits per heavy atom. The molecule has 0 saturated carbocycles. The fraction of sp³-hybridized carbons (Fsp3) is 0.350. The number of fused-ring (bicyclic) bond motifs is 1. The first-order chi connectivity index (χ1) is 13.7. The number of guanidine groups is 1. The van der Waals surface area contributed by atoms with E-state index in [0.29, 0.717) is 12.5 Å². The van der Waals surface area contributed by atoms with E-state index in [-0.39, 0.29) is 24.0 Å². The molecule has 0 spiro atoms. The summed E-state index contributed by atoms with van der Waals surface area (Å²) in [6.45, 7) is 3.59. The highest BCUT2D eigenvalue weighted by Crippen LogP contribution is 2.29. The molecule has 2 heterocycles. The highest BCUT2D eigenvalue weighted by Gasteiger charge is 2.09. The van der Waals surface area contributed by atoms with Gasteiger partial charge in [0.15, 0.2) is 17.4 Å². The molecule has 7 nitrogen and oxygen atoms in total. The van der Waals surface area contributed by atoms with Crippen molar-refractivity contribution in [2.24, 2.45) is 10.9 Å². The molecule has 9 heteroatoms. The first-order valence-corrected chi connectivity index (χ1v) is 10.2. The van der Waals surface area contributed by atoms with Gasteiger partial charge < -0.3 is 15.4 Å². The summed E-state index contributed by atoms with van der Waals surface area (Å²) >= 11 is 1.80. The molecular weight excluding hydrogens is 499 g/mol. The molecule has 29 heavy (non-hydrogen) atoms. The normalized spacial score (nSPS) is 12.3. The lowest BCUT2D eigenvalue weighted by Gasteiger charge is -2.16. The van der Waals surface area contributed by atoms with Crippen LogP contribution in [0.2, 0.25) is 0 Å². The van der Waals surface area contributed by atoms with Crippen LogP contribution in [0.3, 0.4) is 0 Å². The average Bonchev–Trinajstić information content (AvgIpc) is 3.15. The van der Waals surface area contributed by atoms with Gasteiger partial charge in [-0.15, -0.1) is 45.9 Å². The number of nitrogens with zero attached hydrogens (tertiary/aromatic N) is 4. The summed E-state index contributed by atoms with van der Waals surface area (Å²) in [5.41, 5.74) is 0.837. The number of hydrogen-bond donors (Lipinski definition) is 2. The number of pyridine rings is 1. The van der Waals surface area contributed by atoms with Crippen molar-refractivity contribution in [3.8, 4) is 5.75 Å². The van der Waals surface area contributed by atoms with Crippen molar-refractivity contribution < 1.29 is 4.74 Å². The van der Waals surface area contributed by atoms with Crippen molar-refractivity contribution in [1.29, 1.82) is 0 Å². The van der Waals surface area contributed by atoms with Gasteiger partial charge in [0.05, 0.1) is 13.7 Å². The summed E-state index contributed by atoms with van der Waals surface area (Å²) in [6.07, 6.45) is 1.96. The molecule has 2 N–H and O–H groups in total. The summed E-state index contributed by atoms with van der Waals surface area (Å²) in [7, 11) is 3.48. The Bertz CT molecular complexity index is 932. The SMILES string of the molecule is CN=C(NCc1nnc2ccccn12)NCC(C)CSc1ccccc1OC.I. The Balaban J connectivity index is 0.00000300. The topological polar surface area (TPSA) is 75.8 Å². The van der Waals surface area contributed by atoms with Crippen LogP contribution < -0.4 is 15.4 Å². The number of benzene rings is 1. The number of methoxy groups -OCH3 is 1. The van der Waals surface area contributed by atoms with Crippen molar-refractivity contribution in [2.45, 2.75) is 18.4 Å². The number of halogens is 1. The molecule has 0 bridgehead atoms. The fourth-order valence-corrected chi connectivity index (χ4v) is 3.75. The molecule has 2 aromatic heterocycles. The zero-order chi connectivity index (χ0) is 19.8. The summed E-state index contributed by atoms with van der Waals surface area (Å²) in [5, 5.41) is 15.1. The third-order valence-corrected chi connectivity index (χ3v) is 5.62. The molecule has 3 aromatic rings. The van der Waals surface area contributed by atoms with Gasteiger partial charge in [-0.1, -0.05) is 25.1 Å². The molecule has 1 atom stereocenters. The molecule has 0 radical (unpaired) electrons. The lowest BCUT2D eigenvalue weighted by Crippen LogP contribution is -2.39. The summed E-state index contributed by atoms with van der Waals surface area (Å²) in [6, 6.07) is 14.0. The summed E-state index contributed by atoms with van der Waals surface area (Å²) in [5.74, 6) is 3.97. The maximum atomic E-state index is 5.41. The van der Waals surface area contributed by atoms with Gasteiger partial charge in [-0.25, -0.2) is 0 Å². The molecule has 3 rings (SSSR count). The molecular formula is C20H27IN6OS. The van der Waals surface area contributed by atoms with Crippen molar-refractivity contribution in [3.05, 3.63) is 54.5 Å². The Hall–Kier alpha value is -2.01. The number of aliphatic imine (C=N–C) groups is 1. The van der Waals surface area contributed by atoms with Crippen LogP contribution in [0.15, 0.2) is 58.5 Å². The fourth-order valence-electron chi connectivity index (χ4n) is 2.69. The predicted octanol–water partition coefficient (Wildman–Crippen LogP) is 3.45. The van der Waals surface area contributed by atoms with Crippen molar-refractivity contribution in [2.75, 3.05) is 26.5 Å². The second-order valence-corrected chi connectivity index (χ2v) is 7.48. The number of thioether (sulfide) groups is 1. The van der Waals surface area contributed by atoms with Gasteiger partial charge in [0.1, 0.15) is 5.75 Å². The van der Waals surface area contributed by atoms with Crippen LogP contribution in [-0.2, 0) is 6.54 Å². The highest BCUT2D eigenvalue weighted by molar-refractivity contribution is 14.0. The Morgan fingerprint density at radius 3 is 2.76 bits per heavy atom. The number of para-hydroxylation sites is 1. The average molecular weight is 526 g/mol. The van der Waals surface area contributed by atoms with E-state index in [1.165, 1.54) is 0 Å². The van der Waals surface area contributed by atoms with Crippen molar-refractivity contribution in [3.63, 3.8) is 0 Å². The number of hydrogen-bond acceptors (Lipinski definition) is 5. The van der Waals surface area contributed by atoms with Gasteiger partial charge in [-0.2, -0.15) is 0 Å². The molecule has 1 aromatic carbocycles. The van der Waals surface area contributed by atoms with Crippen LogP contribution in [0.1, 0.15) is 12.7 Å². The largest absolute Gasteiger partial charge is 0.496 e. The summed E-state index contributed by atoms with van der Waals surface area (Å²) < 4.78 is 7.38.